The molecule has 2 aromatic carbocycles. The fourth-order valence-electron chi connectivity index (χ4n) is 4.43. The molecule has 2 aromatic heterocycles. The molecule has 8 nitrogen and oxygen atoms in total. The van der Waals surface area contributed by atoms with Crippen LogP contribution >= 0.6 is 0 Å². The Morgan fingerprint density at radius 3 is 2.56 bits per heavy atom. The van der Waals surface area contributed by atoms with Crippen molar-refractivity contribution in [1.29, 1.82) is 0 Å². The average Bonchev–Trinajstić information content (AvgIpc) is 2.81. The molecule has 0 saturated carbocycles. The van der Waals surface area contributed by atoms with E-state index in [0.29, 0.717) is 46.9 Å². The molecule has 8 heteroatoms. The zero-order valence-corrected chi connectivity index (χ0v) is 19.2. The molecule has 3 heterocycles. The smallest absolute Gasteiger partial charge is 0.337 e. The van der Waals surface area contributed by atoms with Gasteiger partial charge in [-0.1, -0.05) is 24.3 Å². The van der Waals surface area contributed by atoms with Gasteiger partial charge in [-0.2, -0.15) is 0 Å². The summed E-state index contributed by atoms with van der Waals surface area (Å²) in [4.78, 5) is 46.6. The summed E-state index contributed by atoms with van der Waals surface area (Å²) < 4.78 is 8.09. The number of anilines is 1. The molecule has 0 saturated heterocycles. The predicted octanol–water partition coefficient (Wildman–Crippen LogP) is 2.90. The Morgan fingerprint density at radius 1 is 1.03 bits per heavy atom. The van der Waals surface area contributed by atoms with E-state index in [1.807, 2.05) is 57.2 Å². The number of aryl methyl sites for hydroxylation is 3. The lowest BCUT2D eigenvalue weighted by Crippen LogP contribution is -2.46. The van der Waals surface area contributed by atoms with Gasteiger partial charge in [-0.25, -0.2) is 18.9 Å². The van der Waals surface area contributed by atoms with Crippen molar-refractivity contribution in [3.8, 4) is 11.4 Å². The molecule has 1 amide bonds. The second kappa shape index (κ2) is 8.30. The number of nitrogens with zero attached hydrogens (tertiary/aromatic N) is 4. The molecule has 0 bridgehead atoms. The zero-order chi connectivity index (χ0) is 24.0. The Hall–Kier alpha value is -4.20. The van der Waals surface area contributed by atoms with Crippen LogP contribution < -0.4 is 20.9 Å². The van der Waals surface area contributed by atoms with Crippen LogP contribution in [-0.4, -0.2) is 33.2 Å². The number of fused-ring (bicyclic) bond motifs is 2. The summed E-state index contributed by atoms with van der Waals surface area (Å²) in [6, 6.07) is 16.4. The second-order valence-corrected chi connectivity index (χ2v) is 8.49. The first kappa shape index (κ1) is 21.6. The van der Waals surface area contributed by atoms with Gasteiger partial charge in [0.1, 0.15) is 18.9 Å². The first-order valence-corrected chi connectivity index (χ1v) is 11.1. The molecule has 0 fully saturated rings. The number of pyridine rings is 1. The minimum Gasteiger partial charge on any atom is -0.490 e. The molecule has 34 heavy (non-hydrogen) atoms. The number of aromatic nitrogens is 3. The molecule has 0 spiro atoms. The Labute approximate surface area is 195 Å². The monoisotopic (exact) mass is 456 g/mol. The maximum absolute atomic E-state index is 13.6. The van der Waals surface area contributed by atoms with Gasteiger partial charge in [0.25, 0.3) is 5.56 Å². The molecule has 172 valence electrons. The fraction of sp³-hybridized carbons (Fsp3) is 0.231. The first-order valence-electron chi connectivity index (χ1n) is 11.1. The maximum atomic E-state index is 13.6. The third-order valence-corrected chi connectivity index (χ3v) is 6.01. The molecular formula is C26H24N4O4. The van der Waals surface area contributed by atoms with Crippen molar-refractivity contribution in [3.05, 3.63) is 92.3 Å². The number of carbonyl (C=O) groups excluding carboxylic acids is 1. The molecule has 0 N–H and O–H groups in total. The first-order chi connectivity index (χ1) is 16.3. The fourth-order valence-corrected chi connectivity index (χ4v) is 4.43. The van der Waals surface area contributed by atoms with Crippen molar-refractivity contribution in [2.45, 2.75) is 27.3 Å². The van der Waals surface area contributed by atoms with Crippen molar-refractivity contribution in [2.24, 2.45) is 0 Å². The van der Waals surface area contributed by atoms with E-state index >= 15 is 0 Å². The van der Waals surface area contributed by atoms with Gasteiger partial charge in [-0.3, -0.25) is 9.59 Å². The Kier molecular flexibility index (Phi) is 5.28. The van der Waals surface area contributed by atoms with E-state index in [2.05, 4.69) is 4.98 Å². The number of hydrogen-bond donors (Lipinski definition) is 0. The van der Waals surface area contributed by atoms with Gasteiger partial charge in [-0.05, 0) is 62.2 Å². The Morgan fingerprint density at radius 2 is 1.79 bits per heavy atom. The molecule has 0 unspecified atom stereocenters. The van der Waals surface area contributed by atoms with Crippen molar-refractivity contribution >= 4 is 22.6 Å². The lowest BCUT2D eigenvalue weighted by atomic mass is 10.1. The highest BCUT2D eigenvalue weighted by atomic mass is 16.5. The van der Waals surface area contributed by atoms with Crippen LogP contribution in [0.2, 0.25) is 0 Å². The van der Waals surface area contributed by atoms with Crippen molar-refractivity contribution < 1.29 is 9.53 Å². The number of benzene rings is 2. The van der Waals surface area contributed by atoms with E-state index in [-0.39, 0.29) is 18.1 Å². The number of para-hydroxylation sites is 1. The van der Waals surface area contributed by atoms with Crippen LogP contribution in [0.15, 0.2) is 64.2 Å². The van der Waals surface area contributed by atoms with Crippen molar-refractivity contribution in [2.75, 3.05) is 18.1 Å². The summed E-state index contributed by atoms with van der Waals surface area (Å²) in [5.74, 6) is 0.249. The Bertz CT molecular complexity index is 1550. The van der Waals surface area contributed by atoms with Crippen molar-refractivity contribution in [3.63, 3.8) is 0 Å². The lowest BCUT2D eigenvalue weighted by Gasteiger charge is -2.30. The summed E-state index contributed by atoms with van der Waals surface area (Å²) in [7, 11) is 0. The van der Waals surface area contributed by atoms with E-state index in [9.17, 15) is 14.4 Å². The van der Waals surface area contributed by atoms with Gasteiger partial charge in [0.05, 0.1) is 23.3 Å². The topological polar surface area (TPSA) is 86.4 Å². The van der Waals surface area contributed by atoms with E-state index in [4.69, 9.17) is 4.74 Å². The molecule has 1 aliphatic rings. The maximum Gasteiger partial charge on any atom is 0.337 e. The Balaban J connectivity index is 1.69. The minimum absolute atomic E-state index is 0.287. The molecule has 4 aromatic rings. The molecule has 0 radical (unpaired) electrons. The summed E-state index contributed by atoms with van der Waals surface area (Å²) in [6.45, 7) is 5.85. The standard InChI is InChI=1S/C26H24N4O4/c1-16-9-10-21-20(13-16)28(11-12-34-21)22(31)15-29-25(32)23-17(2)14-18(3)27-24(23)30(26(29)33)19-7-5-4-6-8-19/h4-10,13-14H,11-12,15H2,1-3H3. The van der Waals surface area contributed by atoms with Crippen LogP contribution in [0.4, 0.5) is 5.69 Å². The van der Waals surface area contributed by atoms with E-state index < -0.39 is 11.2 Å². The number of hydrogen-bond acceptors (Lipinski definition) is 5. The minimum atomic E-state index is -0.604. The van der Waals surface area contributed by atoms with Gasteiger partial charge >= 0.3 is 5.69 Å². The lowest BCUT2D eigenvalue weighted by molar-refractivity contribution is -0.119. The van der Waals surface area contributed by atoms with E-state index in [1.54, 1.807) is 23.1 Å². The van der Waals surface area contributed by atoms with Gasteiger partial charge < -0.3 is 9.64 Å². The normalized spacial score (nSPS) is 13.0. The molecule has 0 atom stereocenters. The number of amides is 1. The zero-order valence-electron chi connectivity index (χ0n) is 19.2. The summed E-state index contributed by atoms with van der Waals surface area (Å²) in [6.07, 6.45) is 0. The average molecular weight is 457 g/mol. The van der Waals surface area contributed by atoms with Crippen LogP contribution in [-0.2, 0) is 11.3 Å². The van der Waals surface area contributed by atoms with Crippen LogP contribution in [0, 0.1) is 20.8 Å². The highest BCUT2D eigenvalue weighted by Gasteiger charge is 2.26. The van der Waals surface area contributed by atoms with Crippen LogP contribution in [0.5, 0.6) is 5.75 Å². The molecule has 0 aliphatic carbocycles. The van der Waals surface area contributed by atoms with Crippen LogP contribution in [0.3, 0.4) is 0 Å². The van der Waals surface area contributed by atoms with Crippen LogP contribution in [0.1, 0.15) is 16.8 Å². The van der Waals surface area contributed by atoms with Gasteiger partial charge in [-0.15, -0.1) is 0 Å². The molecular weight excluding hydrogens is 432 g/mol. The van der Waals surface area contributed by atoms with E-state index in [1.165, 1.54) is 4.57 Å². The second-order valence-electron chi connectivity index (χ2n) is 8.49. The predicted molar refractivity (Wildman–Crippen MR) is 130 cm³/mol. The molecule has 1 aliphatic heterocycles. The summed E-state index contributed by atoms with van der Waals surface area (Å²) in [5.41, 5.74) is 2.75. The van der Waals surface area contributed by atoms with Gasteiger partial charge in [0.15, 0.2) is 5.65 Å². The highest BCUT2D eigenvalue weighted by Crippen LogP contribution is 2.32. The summed E-state index contributed by atoms with van der Waals surface area (Å²) in [5, 5.41) is 0.320. The third-order valence-electron chi connectivity index (χ3n) is 6.01. The third kappa shape index (κ3) is 3.57. The largest absolute Gasteiger partial charge is 0.490 e. The molecule has 5 rings (SSSR count). The number of carbonyl (C=O) groups is 1. The van der Waals surface area contributed by atoms with E-state index in [0.717, 1.165) is 10.1 Å². The summed E-state index contributed by atoms with van der Waals surface area (Å²) >= 11 is 0. The van der Waals surface area contributed by atoms with Gasteiger partial charge in [0, 0.05) is 5.69 Å². The van der Waals surface area contributed by atoms with Crippen LogP contribution in [0.25, 0.3) is 16.7 Å². The number of ether oxygens (including phenoxy) is 1. The highest BCUT2D eigenvalue weighted by molar-refractivity contribution is 5.95. The quantitative estimate of drug-likeness (QED) is 0.473. The SMILES string of the molecule is Cc1ccc2c(c1)N(C(=O)Cn1c(=O)c3c(C)cc(C)nc3n(-c3ccccc3)c1=O)CCO2. The number of rotatable bonds is 3. The van der Waals surface area contributed by atoms with Crippen molar-refractivity contribution in [1.82, 2.24) is 14.1 Å². The van der Waals surface area contributed by atoms with Gasteiger partial charge in [0.2, 0.25) is 5.91 Å².